The van der Waals surface area contributed by atoms with Gasteiger partial charge >= 0.3 is 0 Å². The van der Waals surface area contributed by atoms with E-state index in [0.29, 0.717) is 18.7 Å². The number of nitrogens with zero attached hydrogens (tertiary/aromatic N) is 2. The van der Waals surface area contributed by atoms with Gasteiger partial charge in [-0.15, -0.1) is 11.8 Å². The number of thioether (sulfide) groups is 1. The summed E-state index contributed by atoms with van der Waals surface area (Å²) in [6.45, 7) is 1.53. The van der Waals surface area contributed by atoms with E-state index < -0.39 is 0 Å². The van der Waals surface area contributed by atoms with Gasteiger partial charge in [0, 0.05) is 42.0 Å². The van der Waals surface area contributed by atoms with Gasteiger partial charge in [-0.25, -0.2) is 4.39 Å². The van der Waals surface area contributed by atoms with Crippen LogP contribution < -0.4 is 0 Å². The van der Waals surface area contributed by atoms with Crippen molar-refractivity contribution in [2.24, 2.45) is 0 Å². The van der Waals surface area contributed by atoms with Crippen molar-refractivity contribution in [2.45, 2.75) is 23.9 Å². The van der Waals surface area contributed by atoms with Crippen LogP contribution in [0.5, 0.6) is 0 Å². The molecule has 0 N–H and O–H groups in total. The second kappa shape index (κ2) is 8.01. The molecule has 0 saturated heterocycles. The molecule has 1 aliphatic heterocycles. The summed E-state index contributed by atoms with van der Waals surface area (Å²) in [5.41, 5.74) is 2.30. The van der Waals surface area contributed by atoms with E-state index in [-0.39, 0.29) is 17.8 Å². The molecule has 1 unspecified atom stereocenters. The highest BCUT2D eigenvalue weighted by Crippen LogP contribution is 2.33. The minimum atomic E-state index is -0.238. The maximum atomic E-state index is 13.0. The normalized spacial score (nSPS) is 16.2. The molecule has 138 valence electrons. The van der Waals surface area contributed by atoms with Crippen LogP contribution in [0.2, 0.25) is 0 Å². The maximum Gasteiger partial charge on any atom is 0.224 e. The first-order valence-electron chi connectivity index (χ1n) is 9.10. The fourth-order valence-electron chi connectivity index (χ4n) is 3.57. The summed E-state index contributed by atoms with van der Waals surface area (Å²) in [6, 6.07) is 20.7. The number of benzene rings is 2. The van der Waals surface area contributed by atoms with E-state index in [1.165, 1.54) is 12.1 Å². The van der Waals surface area contributed by atoms with Gasteiger partial charge in [0.1, 0.15) is 5.82 Å². The Morgan fingerprint density at radius 2 is 1.78 bits per heavy atom. The van der Waals surface area contributed by atoms with Crippen LogP contribution in [-0.4, -0.2) is 27.7 Å². The van der Waals surface area contributed by atoms with Gasteiger partial charge in [-0.1, -0.05) is 30.3 Å². The van der Waals surface area contributed by atoms with Crippen LogP contribution in [0.3, 0.4) is 0 Å². The summed E-state index contributed by atoms with van der Waals surface area (Å²) in [4.78, 5) is 16.0. The molecule has 1 aromatic heterocycles. The highest BCUT2D eigenvalue weighted by molar-refractivity contribution is 7.99. The van der Waals surface area contributed by atoms with Gasteiger partial charge < -0.3 is 9.47 Å². The van der Waals surface area contributed by atoms with E-state index in [4.69, 9.17) is 0 Å². The topological polar surface area (TPSA) is 25.2 Å². The Labute approximate surface area is 162 Å². The summed E-state index contributed by atoms with van der Waals surface area (Å²) in [5.74, 6) is 0.604. The Bertz CT molecular complexity index is 908. The summed E-state index contributed by atoms with van der Waals surface area (Å²) < 4.78 is 15.2. The van der Waals surface area contributed by atoms with E-state index in [1.54, 1.807) is 23.9 Å². The number of rotatable bonds is 5. The van der Waals surface area contributed by atoms with Gasteiger partial charge in [0.05, 0.1) is 6.04 Å². The van der Waals surface area contributed by atoms with Crippen molar-refractivity contribution < 1.29 is 9.18 Å². The van der Waals surface area contributed by atoms with Crippen molar-refractivity contribution >= 4 is 17.7 Å². The smallest absolute Gasteiger partial charge is 0.224 e. The van der Waals surface area contributed by atoms with Crippen LogP contribution in [0.1, 0.15) is 23.7 Å². The third-order valence-electron chi connectivity index (χ3n) is 4.87. The van der Waals surface area contributed by atoms with Crippen LogP contribution >= 0.6 is 11.8 Å². The molecule has 2 aromatic carbocycles. The quantitative estimate of drug-likeness (QED) is 0.597. The second-order valence-corrected chi connectivity index (χ2v) is 7.75. The third kappa shape index (κ3) is 3.93. The Balaban J connectivity index is 1.47. The predicted octanol–water partition coefficient (Wildman–Crippen LogP) is 4.74. The number of carbonyl (C=O) groups is 1. The van der Waals surface area contributed by atoms with Crippen molar-refractivity contribution in [1.82, 2.24) is 9.47 Å². The van der Waals surface area contributed by atoms with Crippen LogP contribution in [0.25, 0.3) is 0 Å². The lowest BCUT2D eigenvalue weighted by Crippen LogP contribution is -2.42. The zero-order valence-corrected chi connectivity index (χ0v) is 15.7. The van der Waals surface area contributed by atoms with Gasteiger partial charge in [-0.3, -0.25) is 4.79 Å². The Morgan fingerprint density at radius 1 is 1.00 bits per heavy atom. The molecule has 1 amide bonds. The van der Waals surface area contributed by atoms with Crippen molar-refractivity contribution in [2.75, 3.05) is 12.3 Å². The molecule has 0 fully saturated rings. The number of hydrogen-bond acceptors (Lipinski definition) is 2. The first-order chi connectivity index (χ1) is 13.2. The number of hydrogen-bond donors (Lipinski definition) is 0. The summed E-state index contributed by atoms with van der Waals surface area (Å²) in [7, 11) is 0. The summed E-state index contributed by atoms with van der Waals surface area (Å²) >= 11 is 1.59. The average molecular weight is 380 g/mol. The molecule has 1 atom stereocenters. The molecule has 0 radical (unpaired) electrons. The molecule has 1 aliphatic rings. The summed E-state index contributed by atoms with van der Waals surface area (Å²) in [5, 5.41) is 0. The van der Waals surface area contributed by atoms with Gasteiger partial charge in [0.25, 0.3) is 0 Å². The fraction of sp³-hybridized carbons (Fsp3) is 0.227. The SMILES string of the molecule is O=C(CCSc1ccc(F)cc1)N1CCn2cccc2C1c1ccccc1. The van der Waals surface area contributed by atoms with Gasteiger partial charge in [-0.2, -0.15) is 0 Å². The Morgan fingerprint density at radius 3 is 2.56 bits per heavy atom. The van der Waals surface area contributed by atoms with E-state index in [9.17, 15) is 9.18 Å². The maximum absolute atomic E-state index is 13.0. The fourth-order valence-corrected chi connectivity index (χ4v) is 4.41. The first-order valence-corrected chi connectivity index (χ1v) is 10.1. The van der Waals surface area contributed by atoms with Gasteiger partial charge in [0.2, 0.25) is 5.91 Å². The number of amides is 1. The van der Waals surface area contributed by atoms with Crippen LogP contribution in [0.4, 0.5) is 4.39 Å². The minimum Gasteiger partial charge on any atom is -0.348 e. The Hall–Kier alpha value is -2.53. The molecule has 3 nitrogen and oxygen atoms in total. The van der Waals surface area contributed by atoms with Crippen LogP contribution in [0.15, 0.2) is 77.8 Å². The summed E-state index contributed by atoms with van der Waals surface area (Å²) in [6.07, 6.45) is 2.55. The molecule has 27 heavy (non-hydrogen) atoms. The zero-order chi connectivity index (χ0) is 18.6. The molecule has 5 heteroatoms. The van der Waals surface area contributed by atoms with Crippen LogP contribution in [0, 0.1) is 5.82 Å². The largest absolute Gasteiger partial charge is 0.348 e. The lowest BCUT2D eigenvalue weighted by molar-refractivity contribution is -0.133. The molecule has 2 heterocycles. The van der Waals surface area contributed by atoms with E-state index in [1.807, 2.05) is 29.2 Å². The Kier molecular flexibility index (Phi) is 5.30. The lowest BCUT2D eigenvalue weighted by Gasteiger charge is -2.37. The number of aromatic nitrogens is 1. The molecule has 0 aliphatic carbocycles. The average Bonchev–Trinajstić information content (AvgIpc) is 3.18. The third-order valence-corrected chi connectivity index (χ3v) is 5.89. The lowest BCUT2D eigenvalue weighted by atomic mass is 9.99. The monoisotopic (exact) mass is 380 g/mol. The van der Waals surface area contributed by atoms with Gasteiger partial charge in [0.15, 0.2) is 0 Å². The van der Waals surface area contributed by atoms with Crippen molar-refractivity contribution in [3.05, 3.63) is 90.0 Å². The first kappa shape index (κ1) is 17.9. The van der Waals surface area contributed by atoms with E-state index in [0.717, 1.165) is 22.7 Å². The molecule has 0 bridgehead atoms. The second-order valence-electron chi connectivity index (χ2n) is 6.58. The van der Waals surface area contributed by atoms with Crippen molar-refractivity contribution in [3.63, 3.8) is 0 Å². The minimum absolute atomic E-state index is 0.0433. The zero-order valence-electron chi connectivity index (χ0n) is 14.9. The van der Waals surface area contributed by atoms with E-state index >= 15 is 0 Å². The highest BCUT2D eigenvalue weighted by atomic mass is 32.2. The molecule has 0 saturated carbocycles. The molecular weight excluding hydrogens is 359 g/mol. The standard InChI is InChI=1S/C22H21FN2OS/c23-18-8-10-19(11-9-18)27-16-12-21(26)25-15-14-24-13-4-7-20(24)22(25)17-5-2-1-3-6-17/h1-11,13,22H,12,14-16H2. The van der Waals surface area contributed by atoms with Crippen molar-refractivity contribution in [1.29, 1.82) is 0 Å². The number of carbonyl (C=O) groups excluding carboxylic acids is 1. The van der Waals surface area contributed by atoms with Gasteiger partial charge in [-0.05, 0) is 42.0 Å². The van der Waals surface area contributed by atoms with E-state index in [2.05, 4.69) is 29.0 Å². The number of halogens is 1. The van der Waals surface area contributed by atoms with Crippen molar-refractivity contribution in [3.8, 4) is 0 Å². The molecule has 4 rings (SSSR count). The van der Waals surface area contributed by atoms with Crippen LogP contribution in [-0.2, 0) is 11.3 Å². The molecule has 0 spiro atoms. The number of fused-ring (bicyclic) bond motifs is 1. The molecule has 3 aromatic rings. The predicted molar refractivity (Wildman–Crippen MR) is 106 cm³/mol. The molecular formula is C22H21FN2OS. The highest BCUT2D eigenvalue weighted by Gasteiger charge is 2.31.